The Hall–Kier alpha value is -2.25. The van der Waals surface area contributed by atoms with Crippen molar-refractivity contribution in [2.75, 3.05) is 0 Å². The van der Waals surface area contributed by atoms with Crippen molar-refractivity contribution in [3.8, 4) is 0 Å². The van der Waals surface area contributed by atoms with Gasteiger partial charge in [-0.1, -0.05) is 30.3 Å². The number of ketones is 1. The van der Waals surface area contributed by atoms with Gasteiger partial charge in [0, 0.05) is 17.0 Å². The number of benzene rings is 2. The summed E-state index contributed by atoms with van der Waals surface area (Å²) < 4.78 is 10.8. The normalized spacial score (nSPS) is 12.7. The summed E-state index contributed by atoms with van der Waals surface area (Å²) in [6, 6.07) is 14.2. The maximum absolute atomic E-state index is 12.9. The summed E-state index contributed by atoms with van der Waals surface area (Å²) in [5, 5.41) is 10.2. The first kappa shape index (κ1) is 21.1. The summed E-state index contributed by atoms with van der Waals surface area (Å²) in [6.07, 6.45) is 1.02. The smallest absolute Gasteiger partial charge is 0.321 e. The van der Waals surface area contributed by atoms with Crippen molar-refractivity contribution >= 4 is 36.9 Å². The largest absolute Gasteiger partial charge is 0.359 e. The Balaban J connectivity index is 2.44. The van der Waals surface area contributed by atoms with Gasteiger partial charge in [-0.3, -0.25) is 19.5 Å². The highest BCUT2D eigenvalue weighted by atomic mass is 32.2. The zero-order chi connectivity index (χ0) is 20.2. The minimum absolute atomic E-state index is 0.163. The molecule has 0 saturated heterocycles. The van der Waals surface area contributed by atoms with Crippen LogP contribution in [0, 0.1) is 10.1 Å². The van der Waals surface area contributed by atoms with Gasteiger partial charge < -0.3 is 9.79 Å². The molecule has 2 aromatic carbocycles. The number of hydrogen-bond acceptors (Lipinski definition) is 5. The number of nitro benzene ring substituents is 1. The topological polar surface area (TPSA) is 118 Å². The number of rotatable bonds is 7. The molecule has 0 amide bonds. The number of Topliss-reactive ketones (excluding diaryl/α,β-unsaturated/α-hetero) is 1. The highest BCUT2D eigenvalue weighted by Crippen LogP contribution is 2.50. The van der Waals surface area contributed by atoms with E-state index in [4.69, 9.17) is 0 Å². The van der Waals surface area contributed by atoms with Crippen molar-refractivity contribution in [1.82, 2.24) is 0 Å². The maximum Gasteiger partial charge on any atom is 0.359 e. The molecule has 0 aliphatic carbocycles. The Morgan fingerprint density at radius 2 is 1.78 bits per heavy atom. The van der Waals surface area contributed by atoms with Crippen LogP contribution in [0.5, 0.6) is 0 Å². The van der Waals surface area contributed by atoms with Gasteiger partial charge in [-0.05, 0) is 37.6 Å². The van der Waals surface area contributed by atoms with Crippen LogP contribution in [0.1, 0.15) is 19.4 Å². The third kappa shape index (κ3) is 5.61. The lowest BCUT2D eigenvalue weighted by Crippen LogP contribution is -2.29. The molecule has 142 valence electrons. The summed E-state index contributed by atoms with van der Waals surface area (Å²) in [6.45, 7) is 3.15. The van der Waals surface area contributed by atoms with Crippen LogP contribution in [-0.2, 0) is 9.36 Å². The molecule has 2 rings (SSSR count). The van der Waals surface area contributed by atoms with Crippen LogP contribution in [0.15, 0.2) is 64.8 Å². The zero-order valence-electron chi connectivity index (χ0n) is 14.6. The Labute approximate surface area is 160 Å². The number of carbonyl (C=O) groups excluding carboxylic acids is 1. The molecule has 0 atom stereocenters. The van der Waals surface area contributed by atoms with E-state index in [0.29, 0.717) is 0 Å². The lowest BCUT2D eigenvalue weighted by Gasteiger charge is -2.24. The fourth-order valence-corrected chi connectivity index (χ4v) is 4.33. The van der Waals surface area contributed by atoms with Crippen molar-refractivity contribution in [1.29, 1.82) is 0 Å². The van der Waals surface area contributed by atoms with Crippen LogP contribution in [-0.4, -0.2) is 25.2 Å². The first-order chi connectivity index (χ1) is 12.5. The molecule has 0 saturated carbocycles. The van der Waals surface area contributed by atoms with Crippen LogP contribution < -0.4 is 0 Å². The van der Waals surface area contributed by atoms with Crippen molar-refractivity contribution < 1.29 is 24.1 Å². The first-order valence-corrected chi connectivity index (χ1v) is 10.2. The van der Waals surface area contributed by atoms with E-state index in [1.165, 1.54) is 30.0 Å². The molecular formula is C18H18NO6PS. The van der Waals surface area contributed by atoms with Crippen molar-refractivity contribution in [2.45, 2.75) is 23.5 Å². The van der Waals surface area contributed by atoms with Gasteiger partial charge in [0.05, 0.1) is 9.67 Å². The highest BCUT2D eigenvalue weighted by Gasteiger charge is 2.38. The summed E-state index contributed by atoms with van der Waals surface area (Å²) in [7, 11) is -4.91. The van der Waals surface area contributed by atoms with Gasteiger partial charge in [-0.15, -0.1) is 11.8 Å². The van der Waals surface area contributed by atoms with Gasteiger partial charge in [-0.2, -0.15) is 0 Å². The van der Waals surface area contributed by atoms with E-state index < -0.39 is 28.4 Å². The number of thioether (sulfide) groups is 1. The SMILES string of the molecule is CC(C)(Sc1ccccc1)C(=O)/C(=C/c1cccc([N+](=O)[O-])c1)P(=O)(O)O. The quantitative estimate of drug-likeness (QED) is 0.232. The number of carbonyl (C=O) groups is 1. The molecule has 7 nitrogen and oxygen atoms in total. The molecule has 2 N–H and O–H groups in total. The predicted octanol–water partition coefficient (Wildman–Crippen LogP) is 4.25. The third-order valence-electron chi connectivity index (χ3n) is 3.59. The monoisotopic (exact) mass is 407 g/mol. The lowest BCUT2D eigenvalue weighted by atomic mass is 10.1. The molecule has 0 spiro atoms. The number of nitrogens with zero attached hydrogens (tertiary/aromatic N) is 1. The third-order valence-corrected chi connectivity index (χ3v) is 5.76. The van der Waals surface area contributed by atoms with Crippen LogP contribution >= 0.6 is 19.4 Å². The Kier molecular flexibility index (Phi) is 6.38. The van der Waals surface area contributed by atoms with Gasteiger partial charge in [0.2, 0.25) is 0 Å². The molecule has 0 radical (unpaired) electrons. The number of non-ortho nitro benzene ring substituents is 1. The van der Waals surface area contributed by atoms with E-state index in [9.17, 15) is 29.3 Å². The predicted molar refractivity (Wildman–Crippen MR) is 105 cm³/mol. The Morgan fingerprint density at radius 1 is 1.15 bits per heavy atom. The average molecular weight is 407 g/mol. The number of nitro groups is 1. The lowest BCUT2D eigenvalue weighted by molar-refractivity contribution is -0.384. The van der Waals surface area contributed by atoms with Gasteiger partial charge in [0.1, 0.15) is 5.31 Å². The van der Waals surface area contributed by atoms with E-state index in [2.05, 4.69) is 0 Å². The maximum atomic E-state index is 12.9. The van der Waals surface area contributed by atoms with Crippen molar-refractivity contribution in [2.24, 2.45) is 0 Å². The average Bonchev–Trinajstić information content (AvgIpc) is 2.59. The fraction of sp³-hybridized carbons (Fsp3) is 0.167. The minimum atomic E-state index is -4.91. The van der Waals surface area contributed by atoms with Gasteiger partial charge in [0.15, 0.2) is 5.78 Å². The van der Waals surface area contributed by atoms with Crippen LogP contribution in [0.4, 0.5) is 5.69 Å². The van der Waals surface area contributed by atoms with Crippen LogP contribution in [0.25, 0.3) is 6.08 Å². The second-order valence-corrected chi connectivity index (χ2v) is 9.45. The molecule has 27 heavy (non-hydrogen) atoms. The standard InChI is InChI=1S/C18H18NO6PS/c1-18(2,27-15-9-4-3-5-10-15)17(20)16(26(23,24)25)12-13-7-6-8-14(11-13)19(21)22/h3-12H,1-2H3,(H2,23,24,25)/b16-12-. The second kappa shape index (κ2) is 8.19. The van der Waals surface area contributed by atoms with Crippen molar-refractivity contribution in [3.05, 3.63) is 75.6 Å². The Bertz CT molecular complexity index is 936. The van der Waals surface area contributed by atoms with Gasteiger partial charge in [0.25, 0.3) is 5.69 Å². The molecule has 0 bridgehead atoms. The van der Waals surface area contributed by atoms with Crippen molar-refractivity contribution in [3.63, 3.8) is 0 Å². The first-order valence-electron chi connectivity index (χ1n) is 7.82. The van der Waals surface area contributed by atoms with E-state index in [1.807, 2.05) is 6.07 Å². The van der Waals surface area contributed by atoms with Gasteiger partial charge in [-0.25, -0.2) is 0 Å². The van der Waals surface area contributed by atoms with E-state index in [1.54, 1.807) is 38.1 Å². The summed E-state index contributed by atoms with van der Waals surface area (Å²) in [5.74, 6) is -0.740. The van der Waals surface area contributed by atoms with E-state index in [-0.39, 0.29) is 11.3 Å². The zero-order valence-corrected chi connectivity index (χ0v) is 16.3. The molecule has 0 unspecified atom stereocenters. The molecule has 9 heteroatoms. The summed E-state index contributed by atoms with van der Waals surface area (Å²) in [5.41, 5.74) is -0.0735. The minimum Gasteiger partial charge on any atom is -0.321 e. The molecule has 0 aliphatic rings. The molecular weight excluding hydrogens is 389 g/mol. The highest BCUT2D eigenvalue weighted by molar-refractivity contribution is 8.01. The number of allylic oxidation sites excluding steroid dienone is 1. The van der Waals surface area contributed by atoms with E-state index in [0.717, 1.165) is 17.0 Å². The molecule has 2 aromatic rings. The molecule has 0 heterocycles. The van der Waals surface area contributed by atoms with Crippen LogP contribution in [0.2, 0.25) is 0 Å². The summed E-state index contributed by atoms with van der Waals surface area (Å²) >= 11 is 1.18. The van der Waals surface area contributed by atoms with E-state index >= 15 is 0 Å². The van der Waals surface area contributed by atoms with Gasteiger partial charge >= 0.3 is 7.60 Å². The second-order valence-electron chi connectivity index (χ2n) is 6.18. The van der Waals surface area contributed by atoms with Crippen LogP contribution in [0.3, 0.4) is 0 Å². The molecule has 0 fully saturated rings. The fourth-order valence-electron chi connectivity index (χ4n) is 2.31. The number of hydrogen-bond donors (Lipinski definition) is 2. The summed E-state index contributed by atoms with van der Waals surface area (Å²) in [4.78, 5) is 43.4. The molecule has 0 aromatic heterocycles. The Morgan fingerprint density at radius 3 is 2.33 bits per heavy atom. The molecule has 0 aliphatic heterocycles.